The number of carbonyl (C=O) groups excluding carboxylic acids is 1. The number of rotatable bonds is 9. The molecule has 1 aromatic heterocycles. The molecular formula is C31H26NO2PS. The van der Waals surface area contributed by atoms with Gasteiger partial charge < -0.3 is 9.46 Å². The molecule has 0 bridgehead atoms. The average molecular weight is 508 g/mol. The van der Waals surface area contributed by atoms with E-state index in [0.717, 1.165) is 21.9 Å². The first kappa shape index (κ1) is 24.0. The van der Waals surface area contributed by atoms with Crippen LogP contribution in [0, 0.1) is 0 Å². The highest BCUT2D eigenvalue weighted by Crippen LogP contribution is 2.45. The molecule has 178 valence electrons. The SMILES string of the molecule is O=C(c1cccs1)c1ccccc1N(Cc1ccccc1)CP(=O)(c1ccccc1)c1ccccc1. The van der Waals surface area contributed by atoms with Crippen LogP contribution in [-0.2, 0) is 11.1 Å². The van der Waals surface area contributed by atoms with Crippen molar-refractivity contribution in [2.45, 2.75) is 6.54 Å². The van der Waals surface area contributed by atoms with Gasteiger partial charge in [0, 0.05) is 28.4 Å². The van der Waals surface area contributed by atoms with Gasteiger partial charge in [-0.1, -0.05) is 109 Å². The van der Waals surface area contributed by atoms with Gasteiger partial charge in [-0.05, 0) is 29.1 Å². The normalized spacial score (nSPS) is 11.2. The molecule has 1 heterocycles. The average Bonchev–Trinajstić information content (AvgIpc) is 3.49. The van der Waals surface area contributed by atoms with Crippen LogP contribution in [-0.4, -0.2) is 12.1 Å². The molecule has 0 aliphatic heterocycles. The van der Waals surface area contributed by atoms with E-state index in [1.165, 1.54) is 11.3 Å². The van der Waals surface area contributed by atoms with Gasteiger partial charge in [0.05, 0.1) is 11.2 Å². The van der Waals surface area contributed by atoms with Crippen molar-refractivity contribution in [2.24, 2.45) is 0 Å². The van der Waals surface area contributed by atoms with Gasteiger partial charge in [0.25, 0.3) is 0 Å². The molecule has 0 saturated heterocycles. The van der Waals surface area contributed by atoms with Gasteiger partial charge in [0.1, 0.15) is 0 Å². The molecule has 0 unspecified atom stereocenters. The molecule has 5 aromatic rings. The molecule has 0 N–H and O–H groups in total. The molecule has 0 aliphatic carbocycles. The predicted molar refractivity (Wildman–Crippen MR) is 151 cm³/mol. The van der Waals surface area contributed by atoms with Crippen molar-refractivity contribution >= 4 is 40.6 Å². The zero-order chi connectivity index (χ0) is 24.8. The van der Waals surface area contributed by atoms with Crippen LogP contribution < -0.4 is 15.5 Å². The predicted octanol–water partition coefficient (Wildman–Crippen LogP) is 6.96. The highest BCUT2D eigenvalue weighted by atomic mass is 32.1. The molecular weight excluding hydrogens is 481 g/mol. The molecule has 5 rings (SSSR count). The maximum Gasteiger partial charge on any atom is 0.205 e. The van der Waals surface area contributed by atoms with Crippen LogP contribution in [0.2, 0.25) is 0 Å². The lowest BCUT2D eigenvalue weighted by Crippen LogP contribution is -2.31. The van der Waals surface area contributed by atoms with Gasteiger partial charge >= 0.3 is 0 Å². The second-order valence-corrected chi connectivity index (χ2v) is 12.3. The van der Waals surface area contributed by atoms with Crippen LogP contribution in [0.3, 0.4) is 0 Å². The van der Waals surface area contributed by atoms with Crippen molar-refractivity contribution in [1.29, 1.82) is 0 Å². The molecule has 3 nitrogen and oxygen atoms in total. The number of carbonyl (C=O) groups is 1. The summed E-state index contributed by atoms with van der Waals surface area (Å²) in [5.41, 5.74) is 2.49. The second-order valence-electron chi connectivity index (χ2n) is 8.56. The van der Waals surface area contributed by atoms with E-state index in [-0.39, 0.29) is 12.1 Å². The molecule has 0 amide bonds. The minimum absolute atomic E-state index is 0.0204. The van der Waals surface area contributed by atoms with E-state index in [2.05, 4.69) is 17.0 Å². The lowest BCUT2D eigenvalue weighted by molar-refractivity contribution is 0.104. The monoisotopic (exact) mass is 507 g/mol. The molecule has 0 radical (unpaired) electrons. The Labute approximate surface area is 216 Å². The largest absolute Gasteiger partial charge is 0.359 e. The minimum atomic E-state index is -3.08. The lowest BCUT2D eigenvalue weighted by Gasteiger charge is -2.31. The first-order chi connectivity index (χ1) is 17.6. The van der Waals surface area contributed by atoms with E-state index < -0.39 is 7.14 Å². The highest BCUT2D eigenvalue weighted by molar-refractivity contribution is 7.78. The Bertz CT molecular complexity index is 1430. The van der Waals surface area contributed by atoms with Crippen molar-refractivity contribution < 1.29 is 9.36 Å². The fraction of sp³-hybridized carbons (Fsp3) is 0.0645. The van der Waals surface area contributed by atoms with Crippen molar-refractivity contribution in [3.63, 3.8) is 0 Å². The standard InChI is InChI=1S/C31H26NO2PS/c33-31(30-21-12-22-36-30)28-19-10-11-20-29(28)32(23-25-13-4-1-5-14-25)24-35(34,26-15-6-2-7-16-26)27-17-8-3-9-18-27/h1-22H,23-24H2. The Morgan fingerprint density at radius 3 is 1.81 bits per heavy atom. The molecule has 0 spiro atoms. The lowest BCUT2D eigenvalue weighted by atomic mass is 10.1. The number of para-hydroxylation sites is 1. The van der Waals surface area contributed by atoms with Crippen molar-refractivity contribution in [2.75, 3.05) is 11.2 Å². The van der Waals surface area contributed by atoms with Crippen LogP contribution in [0.1, 0.15) is 20.8 Å². The van der Waals surface area contributed by atoms with E-state index >= 15 is 0 Å². The van der Waals surface area contributed by atoms with Gasteiger partial charge in [0.2, 0.25) is 5.78 Å². The fourth-order valence-corrected chi connectivity index (χ4v) is 7.73. The van der Waals surface area contributed by atoms with Gasteiger partial charge in [-0.25, -0.2) is 0 Å². The summed E-state index contributed by atoms with van der Waals surface area (Å²) >= 11 is 1.43. The summed E-state index contributed by atoms with van der Waals surface area (Å²) < 4.78 is 15.0. The zero-order valence-corrected chi connectivity index (χ0v) is 21.4. The molecule has 36 heavy (non-hydrogen) atoms. The summed E-state index contributed by atoms with van der Waals surface area (Å²) in [4.78, 5) is 16.3. The minimum Gasteiger partial charge on any atom is -0.359 e. The van der Waals surface area contributed by atoms with E-state index in [1.54, 1.807) is 0 Å². The molecule has 0 fully saturated rings. The molecule has 4 aromatic carbocycles. The number of ketones is 1. The molecule has 5 heteroatoms. The summed E-state index contributed by atoms with van der Waals surface area (Å²) in [6.07, 6.45) is 0.269. The van der Waals surface area contributed by atoms with E-state index in [9.17, 15) is 9.36 Å². The smallest absolute Gasteiger partial charge is 0.205 e. The number of hydrogen-bond donors (Lipinski definition) is 0. The van der Waals surface area contributed by atoms with Crippen LogP contribution in [0.15, 0.2) is 133 Å². The first-order valence-electron chi connectivity index (χ1n) is 11.8. The zero-order valence-electron chi connectivity index (χ0n) is 19.7. The van der Waals surface area contributed by atoms with Crippen LogP contribution in [0.4, 0.5) is 5.69 Å². The van der Waals surface area contributed by atoms with Crippen molar-refractivity contribution in [3.05, 3.63) is 149 Å². The number of thiophene rings is 1. The summed E-state index contributed by atoms with van der Waals surface area (Å²) in [5.74, 6) is -0.0204. The highest BCUT2D eigenvalue weighted by Gasteiger charge is 2.31. The Balaban J connectivity index is 1.64. The maximum absolute atomic E-state index is 15.0. The number of hydrogen-bond acceptors (Lipinski definition) is 4. The Morgan fingerprint density at radius 2 is 1.22 bits per heavy atom. The topological polar surface area (TPSA) is 37.4 Å². The van der Waals surface area contributed by atoms with Crippen LogP contribution in [0.5, 0.6) is 0 Å². The maximum atomic E-state index is 15.0. The fourth-order valence-electron chi connectivity index (χ4n) is 4.39. The first-order valence-corrected chi connectivity index (χ1v) is 14.6. The van der Waals surface area contributed by atoms with Crippen LogP contribution in [0.25, 0.3) is 0 Å². The van der Waals surface area contributed by atoms with Crippen LogP contribution >= 0.6 is 18.5 Å². The molecule has 0 aliphatic rings. The number of nitrogens with zero attached hydrogens (tertiary/aromatic N) is 1. The number of anilines is 1. The van der Waals surface area contributed by atoms with E-state index in [1.807, 2.05) is 121 Å². The quantitative estimate of drug-likeness (QED) is 0.160. The third-order valence-corrected chi connectivity index (χ3v) is 10.0. The Kier molecular flexibility index (Phi) is 7.27. The Hall–Kier alpha value is -3.72. The van der Waals surface area contributed by atoms with Crippen molar-refractivity contribution in [3.8, 4) is 0 Å². The third kappa shape index (κ3) is 5.11. The number of benzene rings is 4. The Morgan fingerprint density at radius 1 is 0.667 bits per heavy atom. The summed E-state index contributed by atoms with van der Waals surface area (Å²) in [5, 5.41) is 3.52. The van der Waals surface area contributed by atoms with Gasteiger partial charge in [-0.3, -0.25) is 4.79 Å². The third-order valence-electron chi connectivity index (χ3n) is 6.17. The van der Waals surface area contributed by atoms with Gasteiger partial charge in [-0.15, -0.1) is 11.3 Å². The van der Waals surface area contributed by atoms with E-state index in [0.29, 0.717) is 17.0 Å². The van der Waals surface area contributed by atoms with Crippen molar-refractivity contribution in [1.82, 2.24) is 0 Å². The summed E-state index contributed by atoms with van der Waals surface area (Å²) in [7, 11) is -3.08. The van der Waals surface area contributed by atoms with Gasteiger partial charge in [-0.2, -0.15) is 0 Å². The second kappa shape index (κ2) is 10.9. The summed E-state index contributed by atoms with van der Waals surface area (Å²) in [6, 6.07) is 40.9. The van der Waals surface area contributed by atoms with E-state index in [4.69, 9.17) is 0 Å². The molecule has 0 atom stereocenters. The summed E-state index contributed by atoms with van der Waals surface area (Å²) in [6.45, 7) is 0.527. The molecule has 0 saturated carbocycles. The van der Waals surface area contributed by atoms with Gasteiger partial charge in [0.15, 0.2) is 7.14 Å².